The molecule has 6 heteroatoms. The standard InChI is InChI=1S/C13H13N3O3/c1-9(14)11-7-6-10(8-15-11)19-13-5-3-2-4-12(13)16(17)18/h2-9H,14H2,1H3/t9-/m0/s1. The van der Waals surface area contributed by atoms with Crippen molar-refractivity contribution in [3.05, 3.63) is 58.4 Å². The average Bonchev–Trinajstić information content (AvgIpc) is 2.39. The highest BCUT2D eigenvalue weighted by Gasteiger charge is 2.14. The predicted octanol–water partition coefficient (Wildman–Crippen LogP) is 2.80. The lowest BCUT2D eigenvalue weighted by Crippen LogP contribution is -2.06. The van der Waals surface area contributed by atoms with Crippen molar-refractivity contribution >= 4 is 5.69 Å². The molecule has 0 bridgehead atoms. The van der Waals surface area contributed by atoms with Gasteiger partial charge in [0.1, 0.15) is 5.75 Å². The second-order valence-electron chi connectivity index (χ2n) is 4.03. The van der Waals surface area contributed by atoms with Gasteiger partial charge in [0.05, 0.1) is 16.8 Å². The Morgan fingerprint density at radius 3 is 2.63 bits per heavy atom. The lowest BCUT2D eigenvalue weighted by Gasteiger charge is -2.08. The van der Waals surface area contributed by atoms with E-state index in [0.29, 0.717) is 5.75 Å². The van der Waals surface area contributed by atoms with Gasteiger partial charge in [-0.15, -0.1) is 0 Å². The molecule has 2 rings (SSSR count). The van der Waals surface area contributed by atoms with E-state index in [2.05, 4.69) is 4.98 Å². The molecule has 0 radical (unpaired) electrons. The van der Waals surface area contributed by atoms with Crippen molar-refractivity contribution in [1.82, 2.24) is 4.98 Å². The maximum atomic E-state index is 10.8. The fourth-order valence-electron chi connectivity index (χ4n) is 1.54. The zero-order chi connectivity index (χ0) is 13.8. The molecule has 1 aromatic carbocycles. The Balaban J connectivity index is 2.24. The molecular weight excluding hydrogens is 246 g/mol. The van der Waals surface area contributed by atoms with E-state index in [1.807, 2.05) is 6.92 Å². The van der Waals surface area contributed by atoms with Crippen molar-refractivity contribution in [2.75, 3.05) is 0 Å². The Labute approximate surface area is 110 Å². The summed E-state index contributed by atoms with van der Waals surface area (Å²) in [5, 5.41) is 10.8. The molecule has 2 N–H and O–H groups in total. The topological polar surface area (TPSA) is 91.3 Å². The molecule has 98 valence electrons. The summed E-state index contributed by atoms with van der Waals surface area (Å²) in [4.78, 5) is 14.5. The average molecular weight is 259 g/mol. The Morgan fingerprint density at radius 1 is 1.32 bits per heavy atom. The zero-order valence-electron chi connectivity index (χ0n) is 10.3. The minimum atomic E-state index is -0.487. The number of rotatable bonds is 4. The molecule has 19 heavy (non-hydrogen) atoms. The smallest absolute Gasteiger partial charge is 0.311 e. The number of nitro groups is 1. The van der Waals surface area contributed by atoms with Gasteiger partial charge in [-0.1, -0.05) is 12.1 Å². The normalized spacial score (nSPS) is 11.9. The minimum absolute atomic E-state index is 0.0845. The van der Waals surface area contributed by atoms with Crippen LogP contribution in [0.15, 0.2) is 42.6 Å². The molecule has 0 saturated heterocycles. The van der Waals surface area contributed by atoms with Crippen molar-refractivity contribution in [1.29, 1.82) is 0 Å². The first-order valence-electron chi connectivity index (χ1n) is 5.70. The number of nitrogens with two attached hydrogens (primary N) is 1. The monoisotopic (exact) mass is 259 g/mol. The Bertz CT molecular complexity index is 582. The van der Waals surface area contributed by atoms with Crippen molar-refractivity contribution in [2.45, 2.75) is 13.0 Å². The van der Waals surface area contributed by atoms with Crippen LogP contribution in [0.4, 0.5) is 5.69 Å². The number of benzene rings is 1. The van der Waals surface area contributed by atoms with Gasteiger partial charge in [-0.25, -0.2) is 0 Å². The van der Waals surface area contributed by atoms with Gasteiger partial charge in [0.25, 0.3) is 0 Å². The molecule has 0 unspecified atom stereocenters. The fourth-order valence-corrected chi connectivity index (χ4v) is 1.54. The van der Waals surface area contributed by atoms with Gasteiger partial charge >= 0.3 is 5.69 Å². The molecule has 1 atom stereocenters. The molecule has 1 aromatic heterocycles. The molecule has 6 nitrogen and oxygen atoms in total. The van der Waals surface area contributed by atoms with Crippen LogP contribution in [0.3, 0.4) is 0 Å². The molecule has 1 heterocycles. The summed E-state index contributed by atoms with van der Waals surface area (Å²) in [7, 11) is 0. The van der Waals surface area contributed by atoms with Crippen LogP contribution in [0.2, 0.25) is 0 Å². The number of aromatic nitrogens is 1. The number of pyridine rings is 1. The predicted molar refractivity (Wildman–Crippen MR) is 70.0 cm³/mol. The van der Waals surface area contributed by atoms with E-state index in [1.54, 1.807) is 24.3 Å². The molecule has 0 saturated carbocycles. The summed E-state index contributed by atoms with van der Waals surface area (Å²) in [6.07, 6.45) is 1.50. The number of nitro benzene ring substituents is 1. The highest BCUT2D eigenvalue weighted by molar-refractivity contribution is 5.47. The summed E-state index contributed by atoms with van der Waals surface area (Å²) in [5.41, 5.74) is 6.33. The van der Waals surface area contributed by atoms with E-state index in [-0.39, 0.29) is 17.5 Å². The van der Waals surface area contributed by atoms with Gasteiger partial charge in [-0.2, -0.15) is 0 Å². The van der Waals surface area contributed by atoms with E-state index < -0.39 is 4.92 Å². The Kier molecular flexibility index (Phi) is 3.72. The van der Waals surface area contributed by atoms with Crippen LogP contribution in [0.1, 0.15) is 18.7 Å². The maximum absolute atomic E-state index is 10.8. The van der Waals surface area contributed by atoms with E-state index in [4.69, 9.17) is 10.5 Å². The summed E-state index contributed by atoms with van der Waals surface area (Å²) in [6.45, 7) is 1.82. The van der Waals surface area contributed by atoms with Gasteiger partial charge in [0.2, 0.25) is 5.75 Å². The Morgan fingerprint density at radius 2 is 2.05 bits per heavy atom. The largest absolute Gasteiger partial charge is 0.449 e. The zero-order valence-corrected chi connectivity index (χ0v) is 10.3. The number of nitrogens with zero attached hydrogens (tertiary/aromatic N) is 2. The summed E-state index contributed by atoms with van der Waals surface area (Å²) in [5.74, 6) is 0.613. The molecule has 0 amide bonds. The quantitative estimate of drug-likeness (QED) is 0.673. The molecule has 2 aromatic rings. The first kappa shape index (κ1) is 13.0. The lowest BCUT2D eigenvalue weighted by molar-refractivity contribution is -0.385. The summed E-state index contributed by atoms with van der Waals surface area (Å²) < 4.78 is 5.46. The highest BCUT2D eigenvalue weighted by atomic mass is 16.6. The number of hydrogen-bond acceptors (Lipinski definition) is 5. The first-order valence-corrected chi connectivity index (χ1v) is 5.70. The number of para-hydroxylation sites is 2. The van der Waals surface area contributed by atoms with Crippen molar-refractivity contribution in [3.63, 3.8) is 0 Å². The van der Waals surface area contributed by atoms with Gasteiger partial charge in [0, 0.05) is 12.1 Å². The van der Waals surface area contributed by atoms with Crippen LogP contribution in [0.5, 0.6) is 11.5 Å². The molecular formula is C13H13N3O3. The van der Waals surface area contributed by atoms with E-state index in [1.165, 1.54) is 18.3 Å². The third-order valence-electron chi connectivity index (χ3n) is 2.52. The third kappa shape index (κ3) is 3.05. The number of hydrogen-bond donors (Lipinski definition) is 1. The lowest BCUT2D eigenvalue weighted by atomic mass is 10.2. The summed E-state index contributed by atoms with van der Waals surface area (Å²) in [6, 6.07) is 9.43. The first-order chi connectivity index (χ1) is 9.08. The van der Waals surface area contributed by atoms with Crippen molar-refractivity contribution < 1.29 is 9.66 Å². The molecule has 0 spiro atoms. The van der Waals surface area contributed by atoms with Crippen LogP contribution < -0.4 is 10.5 Å². The molecule has 0 aliphatic heterocycles. The van der Waals surface area contributed by atoms with Gasteiger partial charge < -0.3 is 10.5 Å². The van der Waals surface area contributed by atoms with Crippen LogP contribution in [-0.2, 0) is 0 Å². The van der Waals surface area contributed by atoms with Crippen molar-refractivity contribution in [3.8, 4) is 11.5 Å². The Hall–Kier alpha value is -2.47. The van der Waals surface area contributed by atoms with Crippen LogP contribution in [0, 0.1) is 10.1 Å². The van der Waals surface area contributed by atoms with Crippen LogP contribution in [0.25, 0.3) is 0 Å². The molecule has 0 fully saturated rings. The maximum Gasteiger partial charge on any atom is 0.311 e. The second-order valence-corrected chi connectivity index (χ2v) is 4.03. The van der Waals surface area contributed by atoms with E-state index >= 15 is 0 Å². The van der Waals surface area contributed by atoms with Gasteiger partial charge in [0.15, 0.2) is 0 Å². The third-order valence-corrected chi connectivity index (χ3v) is 2.52. The van der Waals surface area contributed by atoms with Crippen molar-refractivity contribution in [2.24, 2.45) is 5.73 Å². The SMILES string of the molecule is C[C@H](N)c1ccc(Oc2ccccc2[N+](=O)[O-])cn1. The van der Waals surface area contributed by atoms with E-state index in [0.717, 1.165) is 5.69 Å². The van der Waals surface area contributed by atoms with Gasteiger partial charge in [-0.05, 0) is 25.1 Å². The van der Waals surface area contributed by atoms with Gasteiger partial charge in [-0.3, -0.25) is 15.1 Å². The number of ether oxygens (including phenoxy) is 1. The fraction of sp³-hybridized carbons (Fsp3) is 0.154. The molecule has 0 aliphatic rings. The molecule has 0 aliphatic carbocycles. The van der Waals surface area contributed by atoms with Crippen LogP contribution >= 0.6 is 0 Å². The van der Waals surface area contributed by atoms with E-state index in [9.17, 15) is 10.1 Å². The van der Waals surface area contributed by atoms with Crippen LogP contribution in [-0.4, -0.2) is 9.91 Å². The minimum Gasteiger partial charge on any atom is -0.449 e. The second kappa shape index (κ2) is 5.45. The summed E-state index contributed by atoms with van der Waals surface area (Å²) >= 11 is 0. The highest BCUT2D eigenvalue weighted by Crippen LogP contribution is 2.30.